The van der Waals surface area contributed by atoms with Crippen molar-refractivity contribution >= 4 is 5.52 Å². The first-order valence-corrected chi connectivity index (χ1v) is 8.85. The van der Waals surface area contributed by atoms with Crippen molar-refractivity contribution < 1.29 is 4.74 Å². The largest absolute Gasteiger partial charge is 0.492 e. The summed E-state index contributed by atoms with van der Waals surface area (Å²) in [5.74, 6) is 0.934. The molecule has 0 spiro atoms. The SMILES string of the molecule is CN1CCN(CCOc2ccc(-c3ccn4nccc4c3)cc2)CC1. The molecule has 5 heteroatoms. The standard InChI is InChI=1S/C20H24N4O/c1-22-10-12-23(13-11-22)14-15-25-20-4-2-17(3-5-20)18-7-9-24-19(16-18)6-8-21-24/h2-9,16H,10-15H2,1H3. The number of aromatic nitrogens is 2. The van der Waals surface area contributed by atoms with Crippen molar-refractivity contribution in [3.05, 3.63) is 54.9 Å². The van der Waals surface area contributed by atoms with Gasteiger partial charge in [-0.05, 0) is 48.5 Å². The van der Waals surface area contributed by atoms with E-state index in [0.29, 0.717) is 0 Å². The number of likely N-dealkylation sites (N-methyl/N-ethyl adjacent to an activating group) is 1. The molecule has 0 N–H and O–H groups in total. The summed E-state index contributed by atoms with van der Waals surface area (Å²) in [5, 5.41) is 4.23. The van der Waals surface area contributed by atoms with Crippen molar-refractivity contribution in [1.82, 2.24) is 19.4 Å². The first-order chi connectivity index (χ1) is 12.3. The average molecular weight is 336 g/mol. The average Bonchev–Trinajstić information content (AvgIpc) is 3.12. The van der Waals surface area contributed by atoms with Gasteiger partial charge in [-0.2, -0.15) is 5.10 Å². The summed E-state index contributed by atoms with van der Waals surface area (Å²) in [6, 6.07) is 14.6. The molecule has 3 aromatic rings. The molecule has 5 nitrogen and oxygen atoms in total. The lowest BCUT2D eigenvalue weighted by Crippen LogP contribution is -2.45. The van der Waals surface area contributed by atoms with E-state index in [1.807, 2.05) is 23.0 Å². The normalized spacial score (nSPS) is 16.4. The number of nitrogens with zero attached hydrogens (tertiary/aromatic N) is 4. The lowest BCUT2D eigenvalue weighted by atomic mass is 10.1. The van der Waals surface area contributed by atoms with Crippen LogP contribution in [-0.4, -0.2) is 65.8 Å². The summed E-state index contributed by atoms with van der Waals surface area (Å²) in [4.78, 5) is 4.84. The molecule has 0 saturated carbocycles. The van der Waals surface area contributed by atoms with Crippen LogP contribution in [0.25, 0.3) is 16.6 Å². The number of fused-ring (bicyclic) bond motifs is 1. The first kappa shape index (κ1) is 16.1. The highest BCUT2D eigenvalue weighted by atomic mass is 16.5. The van der Waals surface area contributed by atoms with Crippen LogP contribution in [0.4, 0.5) is 0 Å². The number of hydrogen-bond donors (Lipinski definition) is 0. The first-order valence-electron chi connectivity index (χ1n) is 8.85. The Hall–Kier alpha value is -2.37. The molecule has 0 aliphatic carbocycles. The minimum atomic E-state index is 0.741. The topological polar surface area (TPSA) is 33.0 Å². The molecule has 0 radical (unpaired) electrons. The minimum absolute atomic E-state index is 0.741. The van der Waals surface area contributed by atoms with Gasteiger partial charge in [0.2, 0.25) is 0 Å². The van der Waals surface area contributed by atoms with Gasteiger partial charge in [-0.25, -0.2) is 4.52 Å². The van der Waals surface area contributed by atoms with Gasteiger partial charge in [0.25, 0.3) is 0 Å². The minimum Gasteiger partial charge on any atom is -0.492 e. The maximum absolute atomic E-state index is 5.91. The Morgan fingerprint density at radius 3 is 2.56 bits per heavy atom. The van der Waals surface area contributed by atoms with Gasteiger partial charge in [-0.1, -0.05) is 12.1 Å². The van der Waals surface area contributed by atoms with E-state index in [4.69, 9.17) is 4.74 Å². The third-order valence-electron chi connectivity index (χ3n) is 4.86. The van der Waals surface area contributed by atoms with E-state index < -0.39 is 0 Å². The van der Waals surface area contributed by atoms with Gasteiger partial charge < -0.3 is 9.64 Å². The summed E-state index contributed by atoms with van der Waals surface area (Å²) < 4.78 is 7.79. The Morgan fingerprint density at radius 1 is 0.960 bits per heavy atom. The van der Waals surface area contributed by atoms with Crippen LogP contribution in [0, 0.1) is 0 Å². The molecule has 1 saturated heterocycles. The Kier molecular flexibility index (Phi) is 4.68. The van der Waals surface area contributed by atoms with Crippen LogP contribution in [-0.2, 0) is 0 Å². The highest BCUT2D eigenvalue weighted by Gasteiger charge is 2.13. The lowest BCUT2D eigenvalue weighted by Gasteiger charge is -2.32. The predicted molar refractivity (Wildman–Crippen MR) is 100 cm³/mol. The fourth-order valence-electron chi connectivity index (χ4n) is 3.21. The van der Waals surface area contributed by atoms with Crippen molar-refractivity contribution in [2.24, 2.45) is 0 Å². The van der Waals surface area contributed by atoms with E-state index in [9.17, 15) is 0 Å². The summed E-state index contributed by atoms with van der Waals surface area (Å²) >= 11 is 0. The zero-order valence-electron chi connectivity index (χ0n) is 14.6. The molecule has 0 bridgehead atoms. The third kappa shape index (κ3) is 3.83. The molecule has 1 fully saturated rings. The number of ether oxygens (including phenoxy) is 1. The fraction of sp³-hybridized carbons (Fsp3) is 0.350. The van der Waals surface area contributed by atoms with E-state index in [-0.39, 0.29) is 0 Å². The van der Waals surface area contributed by atoms with E-state index in [2.05, 4.69) is 58.3 Å². The molecule has 0 amide bonds. The van der Waals surface area contributed by atoms with E-state index in [1.54, 1.807) is 0 Å². The quantitative estimate of drug-likeness (QED) is 0.717. The fourth-order valence-corrected chi connectivity index (χ4v) is 3.21. The van der Waals surface area contributed by atoms with Crippen LogP contribution in [0.3, 0.4) is 0 Å². The molecule has 2 aromatic heterocycles. The Balaban J connectivity index is 1.33. The third-order valence-corrected chi connectivity index (χ3v) is 4.86. The van der Waals surface area contributed by atoms with E-state index >= 15 is 0 Å². The van der Waals surface area contributed by atoms with Crippen molar-refractivity contribution in [3.63, 3.8) is 0 Å². The number of piperazine rings is 1. The summed E-state index contributed by atoms with van der Waals surface area (Å²) in [6.45, 7) is 6.30. The second-order valence-corrected chi connectivity index (χ2v) is 6.63. The molecular formula is C20H24N4O. The molecule has 1 aliphatic heterocycles. The van der Waals surface area contributed by atoms with Gasteiger partial charge in [0.1, 0.15) is 12.4 Å². The number of hydrogen-bond acceptors (Lipinski definition) is 4. The number of rotatable bonds is 5. The Morgan fingerprint density at radius 2 is 1.76 bits per heavy atom. The molecule has 25 heavy (non-hydrogen) atoms. The molecule has 1 aromatic carbocycles. The maximum Gasteiger partial charge on any atom is 0.119 e. The highest BCUT2D eigenvalue weighted by molar-refractivity contribution is 5.69. The highest BCUT2D eigenvalue weighted by Crippen LogP contribution is 2.23. The van der Waals surface area contributed by atoms with E-state index in [0.717, 1.165) is 50.6 Å². The van der Waals surface area contributed by atoms with Gasteiger partial charge in [-0.15, -0.1) is 0 Å². The number of benzene rings is 1. The number of pyridine rings is 1. The molecule has 1 aliphatic rings. The smallest absolute Gasteiger partial charge is 0.119 e. The molecule has 0 unspecified atom stereocenters. The zero-order chi connectivity index (χ0) is 17.1. The van der Waals surface area contributed by atoms with Gasteiger partial charge in [0.05, 0.1) is 5.52 Å². The second kappa shape index (κ2) is 7.25. The predicted octanol–water partition coefficient (Wildman–Crippen LogP) is 2.63. The molecular weight excluding hydrogens is 312 g/mol. The van der Waals surface area contributed by atoms with Crippen LogP contribution in [0.15, 0.2) is 54.9 Å². The van der Waals surface area contributed by atoms with Gasteiger partial charge in [0.15, 0.2) is 0 Å². The van der Waals surface area contributed by atoms with Crippen LogP contribution in [0.1, 0.15) is 0 Å². The van der Waals surface area contributed by atoms with Crippen molar-refractivity contribution in [2.75, 3.05) is 46.4 Å². The van der Waals surface area contributed by atoms with Crippen molar-refractivity contribution in [3.8, 4) is 16.9 Å². The second-order valence-electron chi connectivity index (χ2n) is 6.63. The van der Waals surface area contributed by atoms with Gasteiger partial charge >= 0.3 is 0 Å². The van der Waals surface area contributed by atoms with Crippen molar-refractivity contribution in [2.45, 2.75) is 0 Å². The van der Waals surface area contributed by atoms with Crippen molar-refractivity contribution in [1.29, 1.82) is 0 Å². The summed E-state index contributed by atoms with van der Waals surface area (Å²) in [6.07, 6.45) is 3.81. The molecule has 4 rings (SSSR count). The van der Waals surface area contributed by atoms with Crippen LogP contribution in [0.2, 0.25) is 0 Å². The molecule has 130 valence electrons. The van der Waals surface area contributed by atoms with E-state index in [1.165, 1.54) is 11.1 Å². The lowest BCUT2D eigenvalue weighted by molar-refractivity contribution is 0.134. The summed E-state index contributed by atoms with van der Waals surface area (Å²) in [5.41, 5.74) is 3.48. The summed E-state index contributed by atoms with van der Waals surface area (Å²) in [7, 11) is 2.18. The Labute approximate surface area is 148 Å². The van der Waals surface area contributed by atoms with Gasteiger partial charge in [0, 0.05) is 45.1 Å². The monoisotopic (exact) mass is 336 g/mol. The Bertz CT molecular complexity index is 819. The molecule has 0 atom stereocenters. The zero-order valence-corrected chi connectivity index (χ0v) is 14.6. The van der Waals surface area contributed by atoms with Crippen LogP contribution < -0.4 is 4.74 Å². The van der Waals surface area contributed by atoms with Gasteiger partial charge in [-0.3, -0.25) is 4.90 Å². The van der Waals surface area contributed by atoms with Crippen LogP contribution in [0.5, 0.6) is 5.75 Å². The maximum atomic E-state index is 5.91. The van der Waals surface area contributed by atoms with Crippen LogP contribution >= 0.6 is 0 Å². The molecule has 3 heterocycles.